The maximum absolute atomic E-state index is 13.4. The van der Waals surface area contributed by atoms with E-state index in [0.29, 0.717) is 18.0 Å². The van der Waals surface area contributed by atoms with Crippen LogP contribution in [0, 0.1) is 23.2 Å². The zero-order chi connectivity index (χ0) is 19.4. The van der Waals surface area contributed by atoms with Crippen LogP contribution in [0.25, 0.3) is 0 Å². The second-order valence-electron chi connectivity index (χ2n) is 11.2. The molecule has 5 fully saturated rings. The molecule has 1 N–H and O–H groups in total. The molecule has 3 heteroatoms. The van der Waals surface area contributed by atoms with Gasteiger partial charge in [-0.3, -0.25) is 9.69 Å². The Hall–Kier alpha value is -1.35. The molecule has 29 heavy (non-hydrogen) atoms. The highest BCUT2D eigenvalue weighted by atomic mass is 16.2. The maximum Gasteiger partial charge on any atom is 0.226 e. The van der Waals surface area contributed by atoms with Crippen molar-refractivity contribution in [3.63, 3.8) is 0 Å². The van der Waals surface area contributed by atoms with Crippen molar-refractivity contribution in [3.05, 3.63) is 35.4 Å². The molecular weight excluding hydrogens is 356 g/mol. The minimum atomic E-state index is 0.0161. The fraction of sp³-hybridized carbons (Fsp3) is 0.731. The van der Waals surface area contributed by atoms with Crippen molar-refractivity contribution in [2.75, 3.05) is 6.54 Å². The van der Waals surface area contributed by atoms with Gasteiger partial charge in [-0.1, -0.05) is 24.3 Å². The zero-order valence-electron chi connectivity index (χ0n) is 17.7. The molecule has 4 bridgehead atoms. The van der Waals surface area contributed by atoms with Gasteiger partial charge in [0.25, 0.3) is 0 Å². The highest BCUT2D eigenvalue weighted by Crippen LogP contribution is 2.60. The third-order valence-electron chi connectivity index (χ3n) is 9.23. The first-order valence-electron chi connectivity index (χ1n) is 12.3. The van der Waals surface area contributed by atoms with E-state index in [-0.39, 0.29) is 5.41 Å². The van der Waals surface area contributed by atoms with E-state index in [9.17, 15) is 4.79 Å². The third kappa shape index (κ3) is 3.34. The van der Waals surface area contributed by atoms with Gasteiger partial charge in [-0.15, -0.1) is 0 Å². The molecule has 1 heterocycles. The second-order valence-corrected chi connectivity index (χ2v) is 11.2. The van der Waals surface area contributed by atoms with Gasteiger partial charge in [-0.05, 0) is 99.5 Å². The van der Waals surface area contributed by atoms with Gasteiger partial charge in [0.15, 0.2) is 0 Å². The van der Waals surface area contributed by atoms with E-state index < -0.39 is 0 Å². The molecule has 0 radical (unpaired) electrons. The largest absolute Gasteiger partial charge is 0.353 e. The van der Waals surface area contributed by atoms with E-state index in [1.165, 1.54) is 82.7 Å². The van der Waals surface area contributed by atoms with Crippen molar-refractivity contribution in [2.45, 2.75) is 89.3 Å². The van der Waals surface area contributed by atoms with Gasteiger partial charge in [-0.25, -0.2) is 0 Å². The molecule has 5 saturated carbocycles. The van der Waals surface area contributed by atoms with Gasteiger partial charge in [0.05, 0.1) is 0 Å². The first kappa shape index (κ1) is 18.4. The van der Waals surface area contributed by atoms with E-state index in [0.717, 1.165) is 24.3 Å². The lowest BCUT2D eigenvalue weighted by molar-refractivity contribution is -0.147. The van der Waals surface area contributed by atoms with Crippen LogP contribution in [-0.2, 0) is 17.8 Å². The highest BCUT2D eigenvalue weighted by Gasteiger charge is 2.54. The van der Waals surface area contributed by atoms with Crippen LogP contribution in [-0.4, -0.2) is 29.4 Å². The van der Waals surface area contributed by atoms with Crippen molar-refractivity contribution in [1.82, 2.24) is 10.2 Å². The Morgan fingerprint density at radius 3 is 2.17 bits per heavy atom. The van der Waals surface area contributed by atoms with Crippen LogP contribution in [0.5, 0.6) is 0 Å². The Kier molecular flexibility index (Phi) is 4.52. The number of rotatable bonds is 3. The first-order chi connectivity index (χ1) is 14.2. The SMILES string of the molecule is O=C(NC1CCC(N2CCc3ccccc3C2)CC1)C12CC3CC(CC(C3)C1)C2. The number of fused-ring (bicyclic) bond motifs is 1. The fourth-order valence-electron chi connectivity index (χ4n) is 8.14. The van der Waals surface area contributed by atoms with E-state index in [1.54, 1.807) is 5.56 Å². The number of hydrogen-bond donors (Lipinski definition) is 1. The van der Waals surface area contributed by atoms with Crippen molar-refractivity contribution in [1.29, 1.82) is 0 Å². The minimum absolute atomic E-state index is 0.0161. The van der Waals surface area contributed by atoms with Gasteiger partial charge in [0.2, 0.25) is 5.91 Å². The molecule has 0 saturated heterocycles. The standard InChI is InChI=1S/C26H36N2O/c29-25(26-14-18-11-19(15-26)13-20(12-18)16-26)27-23-5-7-24(8-6-23)28-10-9-21-3-1-2-4-22(21)17-28/h1-4,18-20,23-24H,5-17H2,(H,27,29). The highest BCUT2D eigenvalue weighted by molar-refractivity contribution is 5.83. The number of amides is 1. The Labute approximate surface area is 175 Å². The van der Waals surface area contributed by atoms with Crippen molar-refractivity contribution in [3.8, 4) is 0 Å². The maximum atomic E-state index is 13.4. The van der Waals surface area contributed by atoms with Gasteiger partial charge in [0.1, 0.15) is 0 Å². The van der Waals surface area contributed by atoms with Crippen molar-refractivity contribution < 1.29 is 4.79 Å². The number of benzene rings is 1. The monoisotopic (exact) mass is 392 g/mol. The molecule has 0 unspecified atom stereocenters. The summed E-state index contributed by atoms with van der Waals surface area (Å²) >= 11 is 0. The van der Waals surface area contributed by atoms with Crippen LogP contribution in [0.2, 0.25) is 0 Å². The average molecular weight is 393 g/mol. The Morgan fingerprint density at radius 1 is 0.897 bits per heavy atom. The predicted octanol–water partition coefficient (Wildman–Crippen LogP) is 4.69. The number of carbonyl (C=O) groups is 1. The summed E-state index contributed by atoms with van der Waals surface area (Å²) in [6.45, 7) is 2.32. The zero-order valence-corrected chi connectivity index (χ0v) is 17.7. The second kappa shape index (κ2) is 7.11. The Balaban J connectivity index is 1.04. The quantitative estimate of drug-likeness (QED) is 0.809. The first-order valence-corrected chi connectivity index (χ1v) is 12.3. The molecule has 1 aromatic rings. The molecule has 5 aliphatic carbocycles. The van der Waals surface area contributed by atoms with E-state index >= 15 is 0 Å². The number of carbonyl (C=O) groups excluding carboxylic acids is 1. The number of nitrogens with zero attached hydrogens (tertiary/aromatic N) is 1. The van der Waals surface area contributed by atoms with Crippen LogP contribution >= 0.6 is 0 Å². The van der Waals surface area contributed by atoms with Gasteiger partial charge in [-0.2, -0.15) is 0 Å². The molecule has 1 aromatic carbocycles. The summed E-state index contributed by atoms with van der Waals surface area (Å²) in [7, 11) is 0. The lowest BCUT2D eigenvalue weighted by atomic mass is 9.49. The molecule has 0 atom stereocenters. The number of hydrogen-bond acceptors (Lipinski definition) is 2. The van der Waals surface area contributed by atoms with Crippen LogP contribution in [0.1, 0.15) is 75.3 Å². The Bertz CT molecular complexity index is 743. The van der Waals surface area contributed by atoms with Crippen LogP contribution in [0.4, 0.5) is 0 Å². The molecule has 6 aliphatic rings. The smallest absolute Gasteiger partial charge is 0.226 e. The normalized spacial score (nSPS) is 41.2. The summed E-state index contributed by atoms with van der Waals surface area (Å²) in [6, 6.07) is 10.1. The average Bonchev–Trinajstić information content (AvgIpc) is 2.73. The van der Waals surface area contributed by atoms with Gasteiger partial charge in [0, 0.05) is 30.6 Å². The summed E-state index contributed by atoms with van der Waals surface area (Å²) < 4.78 is 0. The van der Waals surface area contributed by atoms with Crippen molar-refractivity contribution in [2.24, 2.45) is 23.2 Å². The molecule has 1 amide bonds. The molecular formula is C26H36N2O. The van der Waals surface area contributed by atoms with Crippen molar-refractivity contribution >= 4 is 5.91 Å². The molecule has 7 rings (SSSR count). The summed E-state index contributed by atoms with van der Waals surface area (Å²) in [6.07, 6.45) is 13.8. The third-order valence-corrected chi connectivity index (χ3v) is 9.23. The summed E-state index contributed by atoms with van der Waals surface area (Å²) in [4.78, 5) is 16.1. The summed E-state index contributed by atoms with van der Waals surface area (Å²) in [5.74, 6) is 2.99. The summed E-state index contributed by atoms with van der Waals surface area (Å²) in [5, 5.41) is 3.56. The topological polar surface area (TPSA) is 32.3 Å². The predicted molar refractivity (Wildman–Crippen MR) is 115 cm³/mol. The molecule has 0 aromatic heterocycles. The Morgan fingerprint density at radius 2 is 1.52 bits per heavy atom. The van der Waals surface area contributed by atoms with E-state index in [2.05, 4.69) is 34.5 Å². The van der Waals surface area contributed by atoms with Crippen LogP contribution in [0.15, 0.2) is 24.3 Å². The van der Waals surface area contributed by atoms with E-state index in [4.69, 9.17) is 0 Å². The van der Waals surface area contributed by atoms with Crippen LogP contribution in [0.3, 0.4) is 0 Å². The molecule has 1 aliphatic heterocycles. The van der Waals surface area contributed by atoms with Gasteiger partial charge < -0.3 is 5.32 Å². The molecule has 156 valence electrons. The lowest BCUT2D eigenvalue weighted by Gasteiger charge is -2.56. The lowest BCUT2D eigenvalue weighted by Crippen LogP contribution is -2.56. The summed E-state index contributed by atoms with van der Waals surface area (Å²) in [5.41, 5.74) is 3.08. The molecule has 0 spiro atoms. The fourth-order valence-corrected chi connectivity index (χ4v) is 8.14. The van der Waals surface area contributed by atoms with Crippen LogP contribution < -0.4 is 5.32 Å². The molecule has 3 nitrogen and oxygen atoms in total. The number of nitrogens with one attached hydrogen (secondary N) is 1. The minimum Gasteiger partial charge on any atom is -0.353 e. The van der Waals surface area contributed by atoms with E-state index in [1.807, 2.05) is 0 Å². The van der Waals surface area contributed by atoms with Gasteiger partial charge >= 0.3 is 0 Å².